The molecule has 0 fully saturated rings. The van der Waals surface area contributed by atoms with E-state index >= 15 is 0 Å². The van der Waals surface area contributed by atoms with Gasteiger partial charge in [-0.2, -0.15) is 0 Å². The van der Waals surface area contributed by atoms with E-state index in [1.807, 2.05) is 0 Å². The van der Waals surface area contributed by atoms with Crippen LogP contribution in [-0.4, -0.2) is 23.2 Å². The molecule has 0 amide bonds. The Morgan fingerprint density at radius 1 is 1.24 bits per heavy atom. The van der Waals surface area contributed by atoms with Crippen LogP contribution in [0.4, 0.5) is 4.39 Å². The van der Waals surface area contributed by atoms with Crippen LogP contribution >= 0.6 is 11.3 Å². The Kier molecular flexibility index (Phi) is 4.95. The molecule has 0 radical (unpaired) electrons. The lowest BCUT2D eigenvalue weighted by molar-refractivity contribution is 0.0691. The van der Waals surface area contributed by atoms with Crippen LogP contribution < -0.4 is 9.47 Å². The SMILES string of the molecule is COc1cccc(-c2nc(C(=O)O)cs2)c1OCc1ccc(F)cc1. The van der Waals surface area contributed by atoms with Gasteiger partial charge in [-0.3, -0.25) is 0 Å². The number of ether oxygens (including phenoxy) is 2. The van der Waals surface area contributed by atoms with E-state index in [2.05, 4.69) is 4.98 Å². The third-order valence-corrected chi connectivity index (χ3v) is 4.32. The van der Waals surface area contributed by atoms with Crippen LogP contribution in [0.15, 0.2) is 47.8 Å². The van der Waals surface area contributed by atoms with Crippen molar-refractivity contribution in [3.8, 4) is 22.1 Å². The molecule has 0 aliphatic rings. The topological polar surface area (TPSA) is 68.7 Å². The Morgan fingerprint density at radius 3 is 2.64 bits per heavy atom. The fraction of sp³-hybridized carbons (Fsp3) is 0.111. The van der Waals surface area contributed by atoms with Gasteiger partial charge in [-0.1, -0.05) is 18.2 Å². The Balaban J connectivity index is 1.93. The van der Waals surface area contributed by atoms with Crippen molar-refractivity contribution in [3.05, 3.63) is 64.9 Å². The van der Waals surface area contributed by atoms with E-state index in [0.29, 0.717) is 22.1 Å². The summed E-state index contributed by atoms with van der Waals surface area (Å²) in [6.07, 6.45) is 0. The number of rotatable bonds is 6. The minimum atomic E-state index is -1.08. The predicted octanol–water partition coefficient (Wildman–Crippen LogP) is 4.24. The third-order valence-electron chi connectivity index (χ3n) is 3.45. The first-order valence-corrected chi connectivity index (χ1v) is 8.20. The van der Waals surface area contributed by atoms with Crippen LogP contribution in [0.25, 0.3) is 10.6 Å². The normalized spacial score (nSPS) is 10.5. The molecule has 7 heteroatoms. The van der Waals surface area contributed by atoms with Gasteiger partial charge in [-0.15, -0.1) is 11.3 Å². The van der Waals surface area contributed by atoms with Gasteiger partial charge in [-0.25, -0.2) is 14.2 Å². The van der Waals surface area contributed by atoms with Crippen molar-refractivity contribution < 1.29 is 23.8 Å². The Labute approximate surface area is 147 Å². The number of aromatic carboxylic acids is 1. The Bertz CT molecular complexity index is 892. The summed E-state index contributed by atoms with van der Waals surface area (Å²) in [5.74, 6) is -0.433. The van der Waals surface area contributed by atoms with Crippen LogP contribution in [-0.2, 0) is 6.61 Å². The van der Waals surface area contributed by atoms with Crippen molar-refractivity contribution in [1.82, 2.24) is 4.98 Å². The number of halogens is 1. The highest BCUT2D eigenvalue weighted by atomic mass is 32.1. The molecule has 0 spiro atoms. The number of hydrogen-bond donors (Lipinski definition) is 1. The van der Waals surface area contributed by atoms with Gasteiger partial charge >= 0.3 is 5.97 Å². The number of hydrogen-bond acceptors (Lipinski definition) is 5. The highest BCUT2D eigenvalue weighted by molar-refractivity contribution is 7.13. The first kappa shape index (κ1) is 16.9. The molecule has 0 aliphatic carbocycles. The summed E-state index contributed by atoms with van der Waals surface area (Å²) in [5.41, 5.74) is 1.41. The van der Waals surface area contributed by atoms with E-state index < -0.39 is 5.97 Å². The predicted molar refractivity (Wildman–Crippen MR) is 91.8 cm³/mol. The summed E-state index contributed by atoms with van der Waals surface area (Å²) in [7, 11) is 1.52. The van der Waals surface area contributed by atoms with E-state index in [-0.39, 0.29) is 18.1 Å². The van der Waals surface area contributed by atoms with Crippen molar-refractivity contribution in [2.75, 3.05) is 7.11 Å². The molecule has 0 saturated heterocycles. The first-order valence-electron chi connectivity index (χ1n) is 7.32. The first-order chi connectivity index (χ1) is 12.1. The molecule has 0 saturated carbocycles. The molecule has 0 aliphatic heterocycles. The van der Waals surface area contributed by atoms with E-state index in [0.717, 1.165) is 5.56 Å². The van der Waals surface area contributed by atoms with Gasteiger partial charge in [0.1, 0.15) is 17.4 Å². The summed E-state index contributed by atoms with van der Waals surface area (Å²) < 4.78 is 24.2. The molecule has 0 bridgehead atoms. The van der Waals surface area contributed by atoms with Gasteiger partial charge in [0.15, 0.2) is 17.2 Å². The molecular weight excluding hydrogens is 345 g/mol. The molecule has 1 aromatic heterocycles. The lowest BCUT2D eigenvalue weighted by Gasteiger charge is -2.14. The largest absolute Gasteiger partial charge is 0.493 e. The summed E-state index contributed by atoms with van der Waals surface area (Å²) in [4.78, 5) is 15.2. The number of thiazole rings is 1. The van der Waals surface area contributed by atoms with Crippen LogP contribution in [0, 0.1) is 5.82 Å². The molecule has 0 unspecified atom stereocenters. The second kappa shape index (κ2) is 7.31. The second-order valence-electron chi connectivity index (χ2n) is 5.10. The van der Waals surface area contributed by atoms with Gasteiger partial charge in [0.2, 0.25) is 0 Å². The highest BCUT2D eigenvalue weighted by Gasteiger charge is 2.17. The van der Waals surface area contributed by atoms with Gasteiger partial charge in [0, 0.05) is 5.38 Å². The summed E-state index contributed by atoms with van der Waals surface area (Å²) in [6.45, 7) is 0.213. The summed E-state index contributed by atoms with van der Waals surface area (Å²) >= 11 is 1.21. The number of aromatic nitrogens is 1. The third kappa shape index (κ3) is 3.77. The zero-order chi connectivity index (χ0) is 17.8. The van der Waals surface area contributed by atoms with Gasteiger partial charge < -0.3 is 14.6 Å². The standard InChI is InChI=1S/C18H14FNO4S/c1-23-15-4-2-3-13(17-20-14(10-25-17)18(21)22)16(15)24-9-11-5-7-12(19)8-6-11/h2-8,10H,9H2,1H3,(H,21,22). The zero-order valence-corrected chi connectivity index (χ0v) is 14.0. The van der Waals surface area contributed by atoms with Gasteiger partial charge in [0.05, 0.1) is 12.7 Å². The van der Waals surface area contributed by atoms with Gasteiger partial charge in [-0.05, 0) is 29.8 Å². The van der Waals surface area contributed by atoms with Crippen LogP contribution in [0.5, 0.6) is 11.5 Å². The lowest BCUT2D eigenvalue weighted by Crippen LogP contribution is -2.00. The highest BCUT2D eigenvalue weighted by Crippen LogP contribution is 2.39. The maximum Gasteiger partial charge on any atom is 0.355 e. The molecule has 1 N–H and O–H groups in total. The molecule has 1 heterocycles. The van der Waals surface area contributed by atoms with Crippen LogP contribution in [0.1, 0.15) is 16.1 Å². The minimum Gasteiger partial charge on any atom is -0.493 e. The number of benzene rings is 2. The van der Waals surface area contributed by atoms with Gasteiger partial charge in [0.25, 0.3) is 0 Å². The monoisotopic (exact) mass is 359 g/mol. The smallest absolute Gasteiger partial charge is 0.355 e. The van der Waals surface area contributed by atoms with Crippen molar-refractivity contribution in [1.29, 1.82) is 0 Å². The van der Waals surface area contributed by atoms with E-state index in [4.69, 9.17) is 14.6 Å². The fourth-order valence-corrected chi connectivity index (χ4v) is 3.04. The number of nitrogens with zero attached hydrogens (tertiary/aromatic N) is 1. The number of carboxylic acids is 1. The van der Waals surface area contributed by atoms with Crippen molar-refractivity contribution in [2.24, 2.45) is 0 Å². The molecule has 128 valence electrons. The lowest BCUT2D eigenvalue weighted by atomic mass is 10.2. The molecule has 2 aromatic carbocycles. The van der Waals surface area contributed by atoms with Crippen LogP contribution in [0.3, 0.4) is 0 Å². The summed E-state index contributed by atoms with van der Waals surface area (Å²) in [5, 5.41) is 11.0. The molecule has 3 aromatic rings. The number of carboxylic acid groups (broad SMARTS) is 1. The minimum absolute atomic E-state index is 0.0210. The Hall–Kier alpha value is -2.93. The van der Waals surface area contributed by atoms with Crippen molar-refractivity contribution in [2.45, 2.75) is 6.61 Å². The maximum atomic E-state index is 13.0. The Morgan fingerprint density at radius 2 is 2.00 bits per heavy atom. The van der Waals surface area contributed by atoms with E-state index in [9.17, 15) is 9.18 Å². The average Bonchev–Trinajstić information content (AvgIpc) is 3.11. The second-order valence-corrected chi connectivity index (χ2v) is 5.95. The zero-order valence-electron chi connectivity index (χ0n) is 13.2. The maximum absolute atomic E-state index is 13.0. The molecule has 5 nitrogen and oxygen atoms in total. The quantitative estimate of drug-likeness (QED) is 0.713. The molecule has 0 atom stereocenters. The average molecular weight is 359 g/mol. The van der Waals surface area contributed by atoms with E-state index in [1.165, 1.54) is 36.0 Å². The number of para-hydroxylation sites is 1. The van der Waals surface area contributed by atoms with Crippen LogP contribution in [0.2, 0.25) is 0 Å². The number of carbonyl (C=O) groups is 1. The molecule has 3 rings (SSSR count). The van der Waals surface area contributed by atoms with Crippen molar-refractivity contribution in [3.63, 3.8) is 0 Å². The summed E-state index contributed by atoms with van der Waals surface area (Å²) in [6, 6.07) is 11.3. The number of methoxy groups -OCH3 is 1. The molecule has 25 heavy (non-hydrogen) atoms. The molecular formula is C18H14FNO4S. The van der Waals surface area contributed by atoms with E-state index in [1.54, 1.807) is 30.3 Å². The fourth-order valence-electron chi connectivity index (χ4n) is 2.23. The van der Waals surface area contributed by atoms with Crippen molar-refractivity contribution >= 4 is 17.3 Å².